The first-order valence-corrected chi connectivity index (χ1v) is 8.24. The van der Waals surface area contributed by atoms with E-state index in [-0.39, 0.29) is 19.1 Å². The molecule has 6 heteroatoms. The fourth-order valence-corrected chi connectivity index (χ4v) is 2.31. The molecule has 0 unspecified atom stereocenters. The molecule has 0 fully saturated rings. The topological polar surface area (TPSA) is 81.7 Å². The highest BCUT2D eigenvalue weighted by Gasteiger charge is 2.10. The van der Waals surface area contributed by atoms with Crippen molar-refractivity contribution in [3.8, 4) is 5.75 Å². The van der Waals surface area contributed by atoms with E-state index in [2.05, 4.69) is 5.32 Å². The molecule has 0 saturated carbocycles. The minimum Gasteiger partial charge on any atom is -0.481 e. The Kier molecular flexibility index (Phi) is 7.36. The van der Waals surface area contributed by atoms with Crippen molar-refractivity contribution in [2.75, 3.05) is 19.8 Å². The fourth-order valence-electron chi connectivity index (χ4n) is 2.31. The molecule has 0 radical (unpaired) electrons. The van der Waals surface area contributed by atoms with Crippen LogP contribution in [0.1, 0.15) is 21.5 Å². The van der Waals surface area contributed by atoms with E-state index < -0.39 is 5.97 Å². The summed E-state index contributed by atoms with van der Waals surface area (Å²) in [5.74, 6) is -0.762. The van der Waals surface area contributed by atoms with E-state index >= 15 is 0 Å². The Bertz CT molecular complexity index is 772. The van der Waals surface area contributed by atoms with E-state index in [1.807, 2.05) is 31.2 Å². The zero-order valence-electron chi connectivity index (χ0n) is 14.6. The molecule has 6 nitrogen and oxygen atoms in total. The van der Waals surface area contributed by atoms with Crippen molar-refractivity contribution in [1.29, 1.82) is 0 Å². The first-order valence-electron chi connectivity index (χ1n) is 8.24. The van der Waals surface area contributed by atoms with Crippen LogP contribution in [0.2, 0.25) is 0 Å². The minimum atomic E-state index is -0.681. The summed E-state index contributed by atoms with van der Waals surface area (Å²) in [6, 6.07) is 14.5. The normalized spacial score (nSPS) is 10.0. The second-order valence-electron chi connectivity index (χ2n) is 5.63. The molecule has 0 bridgehead atoms. The summed E-state index contributed by atoms with van der Waals surface area (Å²) < 4.78 is 10.1. The van der Waals surface area contributed by atoms with Gasteiger partial charge in [-0.3, -0.25) is 9.59 Å². The summed E-state index contributed by atoms with van der Waals surface area (Å²) in [5.41, 5.74) is 2.67. The fraction of sp³-hybridized carbons (Fsp3) is 0.250. The number of benzene rings is 2. The third kappa shape index (κ3) is 6.05. The number of ether oxygens (including phenoxy) is 2. The van der Waals surface area contributed by atoms with Gasteiger partial charge in [0.2, 0.25) is 0 Å². The van der Waals surface area contributed by atoms with Gasteiger partial charge >= 0.3 is 5.97 Å². The lowest BCUT2D eigenvalue weighted by Crippen LogP contribution is -2.31. The van der Waals surface area contributed by atoms with Gasteiger partial charge in [-0.25, -0.2) is 4.79 Å². The van der Waals surface area contributed by atoms with Gasteiger partial charge in [0.15, 0.2) is 19.5 Å². The summed E-state index contributed by atoms with van der Waals surface area (Å²) in [6.45, 7) is 1.73. The van der Waals surface area contributed by atoms with E-state index in [0.29, 0.717) is 30.6 Å². The molecule has 136 valence electrons. The van der Waals surface area contributed by atoms with Crippen molar-refractivity contribution in [3.63, 3.8) is 0 Å². The summed E-state index contributed by atoms with van der Waals surface area (Å²) in [6.07, 6.45) is 1.35. The predicted molar refractivity (Wildman–Crippen MR) is 96.2 cm³/mol. The highest BCUT2D eigenvalue weighted by Crippen LogP contribution is 2.15. The van der Waals surface area contributed by atoms with Gasteiger partial charge in [-0.2, -0.15) is 0 Å². The zero-order chi connectivity index (χ0) is 18.8. The Morgan fingerprint density at radius 1 is 1.04 bits per heavy atom. The zero-order valence-corrected chi connectivity index (χ0v) is 14.6. The van der Waals surface area contributed by atoms with Gasteiger partial charge in [0.1, 0.15) is 5.75 Å². The van der Waals surface area contributed by atoms with Crippen LogP contribution in [-0.4, -0.2) is 37.9 Å². The van der Waals surface area contributed by atoms with Gasteiger partial charge in [0.25, 0.3) is 5.91 Å². The molecule has 0 aliphatic carbocycles. The van der Waals surface area contributed by atoms with E-state index in [4.69, 9.17) is 9.47 Å². The molecular weight excluding hydrogens is 334 g/mol. The maximum Gasteiger partial charge on any atom is 0.344 e. The monoisotopic (exact) mass is 355 g/mol. The van der Waals surface area contributed by atoms with Gasteiger partial charge in [-0.1, -0.05) is 36.4 Å². The van der Waals surface area contributed by atoms with Gasteiger partial charge in [0, 0.05) is 6.54 Å². The molecule has 1 amide bonds. The Labute approximate surface area is 152 Å². The highest BCUT2D eigenvalue weighted by molar-refractivity contribution is 5.81. The number of carbonyl (C=O) groups is 3. The number of hydrogen-bond donors (Lipinski definition) is 1. The van der Waals surface area contributed by atoms with Crippen LogP contribution in [0.25, 0.3) is 0 Å². The minimum absolute atomic E-state index is 0.294. The Morgan fingerprint density at radius 3 is 2.54 bits per heavy atom. The van der Waals surface area contributed by atoms with Gasteiger partial charge in [-0.05, 0) is 36.6 Å². The maximum atomic E-state index is 11.7. The number of hydrogen-bond acceptors (Lipinski definition) is 5. The molecule has 2 aromatic rings. The number of para-hydroxylation sites is 1. The average molecular weight is 355 g/mol. The summed E-state index contributed by atoms with van der Waals surface area (Å²) >= 11 is 0. The Balaban J connectivity index is 1.66. The van der Waals surface area contributed by atoms with Crippen LogP contribution in [0.5, 0.6) is 5.75 Å². The second kappa shape index (κ2) is 9.98. The molecule has 26 heavy (non-hydrogen) atoms. The number of nitrogens with one attached hydrogen (secondary N) is 1. The number of amides is 1. The van der Waals surface area contributed by atoms with E-state index in [1.165, 1.54) is 5.56 Å². The molecule has 0 aliphatic rings. The summed E-state index contributed by atoms with van der Waals surface area (Å²) in [5, 5.41) is 2.70. The lowest BCUT2D eigenvalue weighted by molar-refractivity contribution is -0.150. The average Bonchev–Trinajstić information content (AvgIpc) is 2.66. The van der Waals surface area contributed by atoms with Crippen LogP contribution >= 0.6 is 0 Å². The summed E-state index contributed by atoms with van der Waals surface area (Å²) in [4.78, 5) is 34.2. The van der Waals surface area contributed by atoms with Crippen molar-refractivity contribution in [2.24, 2.45) is 0 Å². The SMILES string of the molecule is Cc1ccccc1CCNC(=O)COC(=O)COc1ccccc1C=O. The number of aryl methyl sites for hydroxylation is 1. The van der Waals surface area contributed by atoms with Crippen LogP contribution in [0.3, 0.4) is 0 Å². The predicted octanol–water partition coefficient (Wildman–Crippen LogP) is 2.09. The standard InChI is InChI=1S/C20H21NO5/c1-15-6-2-3-7-16(15)10-11-21-19(23)13-26-20(24)14-25-18-9-5-4-8-17(18)12-22/h2-9,12H,10-11,13-14H2,1H3,(H,21,23). The van der Waals surface area contributed by atoms with E-state index in [1.54, 1.807) is 24.3 Å². The lowest BCUT2D eigenvalue weighted by Gasteiger charge is -2.09. The molecule has 0 aliphatic heterocycles. The molecule has 0 aromatic heterocycles. The van der Waals surface area contributed by atoms with Crippen LogP contribution in [0, 0.1) is 6.92 Å². The smallest absolute Gasteiger partial charge is 0.344 e. The van der Waals surface area contributed by atoms with E-state index in [0.717, 1.165) is 5.56 Å². The van der Waals surface area contributed by atoms with Gasteiger partial charge < -0.3 is 14.8 Å². The van der Waals surface area contributed by atoms with Crippen LogP contribution < -0.4 is 10.1 Å². The molecule has 2 aromatic carbocycles. The molecular formula is C20H21NO5. The first-order chi connectivity index (χ1) is 12.6. The van der Waals surface area contributed by atoms with Crippen LogP contribution in [-0.2, 0) is 20.7 Å². The number of carbonyl (C=O) groups excluding carboxylic acids is 3. The molecule has 2 rings (SSSR count). The van der Waals surface area contributed by atoms with Crippen molar-refractivity contribution in [3.05, 3.63) is 65.2 Å². The molecule has 0 heterocycles. The first kappa shape index (κ1) is 19.2. The second-order valence-corrected chi connectivity index (χ2v) is 5.63. The number of rotatable bonds is 9. The number of aldehydes is 1. The Hall–Kier alpha value is -3.15. The number of esters is 1. The third-order valence-corrected chi connectivity index (χ3v) is 3.73. The highest BCUT2D eigenvalue weighted by atomic mass is 16.6. The molecule has 1 N–H and O–H groups in total. The van der Waals surface area contributed by atoms with Crippen LogP contribution in [0.15, 0.2) is 48.5 Å². The van der Waals surface area contributed by atoms with E-state index in [9.17, 15) is 14.4 Å². The molecule has 0 spiro atoms. The molecule has 0 saturated heterocycles. The lowest BCUT2D eigenvalue weighted by atomic mass is 10.1. The quantitative estimate of drug-likeness (QED) is 0.550. The van der Waals surface area contributed by atoms with Crippen molar-refractivity contribution < 1.29 is 23.9 Å². The van der Waals surface area contributed by atoms with Crippen molar-refractivity contribution >= 4 is 18.2 Å². The van der Waals surface area contributed by atoms with Crippen molar-refractivity contribution in [1.82, 2.24) is 5.32 Å². The Morgan fingerprint density at radius 2 is 1.77 bits per heavy atom. The van der Waals surface area contributed by atoms with Gasteiger partial charge in [0.05, 0.1) is 5.56 Å². The summed E-state index contributed by atoms with van der Waals surface area (Å²) in [7, 11) is 0. The van der Waals surface area contributed by atoms with Crippen LogP contribution in [0.4, 0.5) is 0 Å². The molecule has 0 atom stereocenters. The van der Waals surface area contributed by atoms with Crippen molar-refractivity contribution in [2.45, 2.75) is 13.3 Å². The largest absolute Gasteiger partial charge is 0.481 e. The third-order valence-electron chi connectivity index (χ3n) is 3.73. The maximum absolute atomic E-state index is 11.7. The van der Waals surface area contributed by atoms with Gasteiger partial charge in [-0.15, -0.1) is 0 Å².